The third-order valence-corrected chi connectivity index (χ3v) is 2.77. The highest BCUT2D eigenvalue weighted by Crippen LogP contribution is 2.32. The van der Waals surface area contributed by atoms with Gasteiger partial charge in [0.15, 0.2) is 0 Å². The normalized spacial score (nSPS) is 10.1. The van der Waals surface area contributed by atoms with Gasteiger partial charge < -0.3 is 9.84 Å². The fourth-order valence-corrected chi connectivity index (χ4v) is 1.86. The molecule has 3 nitrogen and oxygen atoms in total. The van der Waals surface area contributed by atoms with Crippen molar-refractivity contribution in [2.24, 2.45) is 0 Å². The minimum atomic E-state index is -0.540. The van der Waals surface area contributed by atoms with Crippen LogP contribution in [-0.4, -0.2) is 18.2 Å². The van der Waals surface area contributed by atoms with Crippen LogP contribution in [-0.2, 0) is 4.74 Å². The molecule has 0 unspecified atom stereocenters. The maximum Gasteiger partial charge on any atom is 0.341 e. The first kappa shape index (κ1) is 12.2. The number of rotatable bonds is 2. The molecule has 0 aliphatic carbocycles. The van der Waals surface area contributed by atoms with E-state index in [-0.39, 0.29) is 11.3 Å². The zero-order valence-electron chi connectivity index (χ0n) is 10.3. The molecule has 18 heavy (non-hydrogen) atoms. The summed E-state index contributed by atoms with van der Waals surface area (Å²) in [7, 11) is 1.29. The Balaban J connectivity index is 2.56. The molecule has 2 aromatic rings. The van der Waals surface area contributed by atoms with E-state index in [9.17, 15) is 9.90 Å². The summed E-state index contributed by atoms with van der Waals surface area (Å²) in [6, 6.07) is 12.8. The average molecular weight is 242 g/mol. The summed E-state index contributed by atoms with van der Waals surface area (Å²) in [6.45, 7) is 1.98. The van der Waals surface area contributed by atoms with Crippen LogP contribution in [0.3, 0.4) is 0 Å². The predicted octanol–water partition coefficient (Wildman–Crippen LogP) is 3.15. The van der Waals surface area contributed by atoms with E-state index in [0.717, 1.165) is 11.1 Å². The van der Waals surface area contributed by atoms with Crippen LogP contribution in [0.25, 0.3) is 11.1 Å². The zero-order chi connectivity index (χ0) is 13.1. The lowest BCUT2D eigenvalue weighted by Gasteiger charge is -2.09. The van der Waals surface area contributed by atoms with Crippen LogP contribution >= 0.6 is 0 Å². The largest absolute Gasteiger partial charge is 0.506 e. The van der Waals surface area contributed by atoms with Crippen molar-refractivity contribution in [1.82, 2.24) is 0 Å². The minimum absolute atomic E-state index is 0.0463. The third kappa shape index (κ3) is 2.20. The summed E-state index contributed by atoms with van der Waals surface area (Å²) in [5, 5.41) is 10.1. The molecule has 92 valence electrons. The summed E-state index contributed by atoms with van der Waals surface area (Å²) in [5.74, 6) is -0.586. The number of hydrogen-bond acceptors (Lipinski definition) is 3. The molecule has 3 heteroatoms. The molecule has 0 saturated heterocycles. The predicted molar refractivity (Wildman–Crippen MR) is 69.6 cm³/mol. The molecule has 0 saturated carbocycles. The molecule has 0 radical (unpaired) electrons. The van der Waals surface area contributed by atoms with Gasteiger partial charge in [-0.25, -0.2) is 4.79 Å². The second kappa shape index (κ2) is 4.92. The number of carbonyl (C=O) groups is 1. The van der Waals surface area contributed by atoms with Crippen molar-refractivity contribution in [2.75, 3.05) is 7.11 Å². The number of methoxy groups -OCH3 is 1. The average Bonchev–Trinajstić information content (AvgIpc) is 2.38. The number of esters is 1. The number of benzene rings is 2. The quantitative estimate of drug-likeness (QED) is 0.823. The van der Waals surface area contributed by atoms with Crippen LogP contribution in [0.15, 0.2) is 42.5 Å². The number of aryl methyl sites for hydroxylation is 1. The molecule has 0 aliphatic heterocycles. The Kier molecular flexibility index (Phi) is 3.33. The zero-order valence-corrected chi connectivity index (χ0v) is 10.3. The third-order valence-electron chi connectivity index (χ3n) is 2.77. The van der Waals surface area contributed by atoms with Gasteiger partial charge in [0.05, 0.1) is 7.11 Å². The van der Waals surface area contributed by atoms with Gasteiger partial charge in [-0.2, -0.15) is 0 Å². The molecule has 0 atom stereocenters. The van der Waals surface area contributed by atoms with Crippen molar-refractivity contribution >= 4 is 5.97 Å². The van der Waals surface area contributed by atoms with Crippen molar-refractivity contribution in [1.29, 1.82) is 0 Å². The van der Waals surface area contributed by atoms with Gasteiger partial charge in [0.25, 0.3) is 0 Å². The molecule has 0 fully saturated rings. The molecule has 0 aliphatic rings. The Labute approximate surface area is 106 Å². The highest BCUT2D eigenvalue weighted by molar-refractivity contribution is 5.95. The van der Waals surface area contributed by atoms with Crippen LogP contribution in [0.2, 0.25) is 0 Å². The summed E-state index contributed by atoms with van der Waals surface area (Å²) < 4.78 is 4.63. The number of aromatic hydroxyl groups is 1. The van der Waals surface area contributed by atoms with E-state index in [0.29, 0.717) is 5.56 Å². The maximum absolute atomic E-state index is 11.5. The fourth-order valence-electron chi connectivity index (χ4n) is 1.86. The van der Waals surface area contributed by atoms with Crippen molar-refractivity contribution in [2.45, 2.75) is 6.92 Å². The summed E-state index contributed by atoms with van der Waals surface area (Å²) in [4.78, 5) is 11.5. The molecule has 0 aromatic heterocycles. The topological polar surface area (TPSA) is 46.5 Å². The first-order valence-electron chi connectivity index (χ1n) is 5.61. The number of para-hydroxylation sites is 1. The second-order valence-electron chi connectivity index (χ2n) is 4.06. The molecule has 0 amide bonds. The lowest BCUT2D eigenvalue weighted by Crippen LogP contribution is -2.01. The van der Waals surface area contributed by atoms with E-state index in [2.05, 4.69) is 4.74 Å². The summed E-state index contributed by atoms with van der Waals surface area (Å²) in [5.41, 5.74) is 2.77. The smallest absolute Gasteiger partial charge is 0.341 e. The Morgan fingerprint density at radius 2 is 1.89 bits per heavy atom. The monoisotopic (exact) mass is 242 g/mol. The van der Waals surface area contributed by atoms with Crippen molar-refractivity contribution < 1.29 is 14.6 Å². The second-order valence-corrected chi connectivity index (χ2v) is 4.06. The van der Waals surface area contributed by atoms with Crippen LogP contribution in [0.4, 0.5) is 0 Å². The Morgan fingerprint density at radius 1 is 1.17 bits per heavy atom. The molecule has 0 bridgehead atoms. The van der Waals surface area contributed by atoms with Gasteiger partial charge in [-0.15, -0.1) is 0 Å². The van der Waals surface area contributed by atoms with E-state index in [1.807, 2.05) is 31.2 Å². The van der Waals surface area contributed by atoms with Gasteiger partial charge in [0, 0.05) is 5.56 Å². The molecule has 0 heterocycles. The lowest BCUT2D eigenvalue weighted by atomic mass is 10.00. The van der Waals surface area contributed by atoms with Crippen LogP contribution in [0, 0.1) is 6.92 Å². The molecule has 1 N–H and O–H groups in total. The number of hydrogen-bond donors (Lipinski definition) is 1. The standard InChI is InChI=1S/C15H14O3/c1-10-5-3-6-11(9-10)12-7-4-8-13(14(12)16)15(17)18-2/h3-9,16H,1-2H3. The van der Waals surface area contributed by atoms with E-state index in [4.69, 9.17) is 0 Å². The van der Waals surface area contributed by atoms with Gasteiger partial charge >= 0.3 is 5.97 Å². The van der Waals surface area contributed by atoms with E-state index in [1.165, 1.54) is 7.11 Å². The van der Waals surface area contributed by atoms with Crippen LogP contribution in [0.5, 0.6) is 5.75 Å². The summed E-state index contributed by atoms with van der Waals surface area (Å²) >= 11 is 0. The highest BCUT2D eigenvalue weighted by Gasteiger charge is 2.15. The molecular weight excluding hydrogens is 228 g/mol. The van der Waals surface area contributed by atoms with Crippen LogP contribution in [0.1, 0.15) is 15.9 Å². The Bertz CT molecular complexity index is 588. The first-order chi connectivity index (χ1) is 8.63. The summed E-state index contributed by atoms with van der Waals surface area (Å²) in [6.07, 6.45) is 0. The van der Waals surface area contributed by atoms with Gasteiger partial charge in [-0.1, -0.05) is 42.0 Å². The molecule has 2 aromatic carbocycles. The number of carbonyl (C=O) groups excluding carboxylic acids is 1. The lowest BCUT2D eigenvalue weighted by molar-refractivity contribution is 0.0597. The van der Waals surface area contributed by atoms with E-state index < -0.39 is 5.97 Å². The fraction of sp³-hybridized carbons (Fsp3) is 0.133. The Hall–Kier alpha value is -2.29. The van der Waals surface area contributed by atoms with Crippen LogP contribution < -0.4 is 0 Å². The van der Waals surface area contributed by atoms with Crippen molar-refractivity contribution in [3.63, 3.8) is 0 Å². The SMILES string of the molecule is COC(=O)c1cccc(-c2cccc(C)c2)c1O. The number of phenolic OH excluding ortho intramolecular Hbond substituents is 1. The molecular formula is C15H14O3. The molecule has 2 rings (SSSR count). The van der Waals surface area contributed by atoms with Crippen molar-refractivity contribution in [3.8, 4) is 16.9 Å². The minimum Gasteiger partial charge on any atom is -0.506 e. The van der Waals surface area contributed by atoms with E-state index >= 15 is 0 Å². The Morgan fingerprint density at radius 3 is 2.56 bits per heavy atom. The number of ether oxygens (including phenoxy) is 1. The maximum atomic E-state index is 11.5. The van der Waals surface area contributed by atoms with Gasteiger partial charge in [0.2, 0.25) is 0 Å². The highest BCUT2D eigenvalue weighted by atomic mass is 16.5. The van der Waals surface area contributed by atoms with Gasteiger partial charge in [-0.05, 0) is 18.6 Å². The first-order valence-corrected chi connectivity index (χ1v) is 5.61. The van der Waals surface area contributed by atoms with E-state index in [1.54, 1.807) is 18.2 Å². The number of phenols is 1. The van der Waals surface area contributed by atoms with Gasteiger partial charge in [0.1, 0.15) is 11.3 Å². The van der Waals surface area contributed by atoms with Gasteiger partial charge in [-0.3, -0.25) is 0 Å². The van der Waals surface area contributed by atoms with Crippen molar-refractivity contribution in [3.05, 3.63) is 53.6 Å². The molecule has 0 spiro atoms.